The van der Waals surface area contributed by atoms with Gasteiger partial charge >= 0.3 is 6.09 Å². The Morgan fingerprint density at radius 1 is 1.07 bits per heavy atom. The number of pyridine rings is 1. The van der Waals surface area contributed by atoms with Crippen LogP contribution in [0.5, 0.6) is 11.6 Å². The zero-order valence-corrected chi connectivity index (χ0v) is 18.2. The van der Waals surface area contributed by atoms with Crippen molar-refractivity contribution in [2.24, 2.45) is 0 Å². The van der Waals surface area contributed by atoms with E-state index in [0.29, 0.717) is 24.7 Å². The lowest BCUT2D eigenvalue weighted by Gasteiger charge is -2.25. The first-order valence-corrected chi connectivity index (χ1v) is 10.3. The molecule has 0 unspecified atom stereocenters. The second-order valence-corrected chi connectivity index (χ2v) is 8.67. The molecule has 0 saturated heterocycles. The quantitative estimate of drug-likeness (QED) is 0.598. The molecule has 30 heavy (non-hydrogen) atoms. The molecule has 1 aliphatic rings. The lowest BCUT2D eigenvalue weighted by Crippen LogP contribution is -2.36. The highest BCUT2D eigenvalue weighted by Gasteiger charge is 2.28. The lowest BCUT2D eigenvalue weighted by molar-refractivity contribution is 0.0234. The molecule has 3 heterocycles. The van der Waals surface area contributed by atoms with Gasteiger partial charge in [-0.05, 0) is 58.7 Å². The van der Waals surface area contributed by atoms with E-state index in [2.05, 4.69) is 16.5 Å². The molecule has 0 N–H and O–H groups in total. The number of nitrogens with zero attached hydrogens (tertiary/aromatic N) is 4. The number of carbonyl (C=O) groups is 1. The van der Waals surface area contributed by atoms with Crippen molar-refractivity contribution in [3.8, 4) is 11.6 Å². The van der Waals surface area contributed by atoms with Crippen molar-refractivity contribution in [2.75, 3.05) is 6.54 Å². The Morgan fingerprint density at radius 3 is 2.50 bits per heavy atom. The van der Waals surface area contributed by atoms with Crippen molar-refractivity contribution in [1.29, 1.82) is 0 Å². The van der Waals surface area contributed by atoms with Gasteiger partial charge in [-0.3, -0.25) is 0 Å². The van der Waals surface area contributed by atoms with Crippen LogP contribution in [0.3, 0.4) is 0 Å². The maximum absolute atomic E-state index is 12.7. The Labute approximate surface area is 176 Å². The normalized spacial score (nSPS) is 14.4. The van der Waals surface area contributed by atoms with Gasteiger partial charge in [0.25, 0.3) is 0 Å². The van der Waals surface area contributed by atoms with Crippen molar-refractivity contribution in [3.63, 3.8) is 0 Å². The van der Waals surface area contributed by atoms with E-state index in [9.17, 15) is 4.79 Å². The molecule has 0 fully saturated rings. The van der Waals surface area contributed by atoms with Gasteiger partial charge in [0.2, 0.25) is 5.88 Å². The molecule has 0 saturated carbocycles. The Hall–Kier alpha value is -3.09. The van der Waals surface area contributed by atoms with E-state index >= 15 is 0 Å². The summed E-state index contributed by atoms with van der Waals surface area (Å²) >= 11 is 0. The molecule has 4 rings (SSSR count). The third kappa shape index (κ3) is 3.97. The third-order valence-corrected chi connectivity index (χ3v) is 5.17. The summed E-state index contributed by atoms with van der Waals surface area (Å²) in [6.45, 7) is 11.5. The summed E-state index contributed by atoms with van der Waals surface area (Å²) in [6.07, 6.45) is 0.516. The molecule has 0 spiro atoms. The van der Waals surface area contributed by atoms with E-state index in [1.165, 1.54) is 0 Å². The summed E-state index contributed by atoms with van der Waals surface area (Å²) in [4.78, 5) is 23.9. The first-order chi connectivity index (χ1) is 14.2. The molecule has 2 aromatic heterocycles. The van der Waals surface area contributed by atoms with Crippen LogP contribution < -0.4 is 4.74 Å². The van der Waals surface area contributed by atoms with E-state index in [-0.39, 0.29) is 6.09 Å². The Kier molecular flexibility index (Phi) is 5.13. The van der Waals surface area contributed by atoms with E-state index in [0.717, 1.165) is 41.1 Å². The van der Waals surface area contributed by atoms with Crippen LogP contribution in [0.1, 0.15) is 44.3 Å². The minimum Gasteiger partial charge on any atom is -0.444 e. The fourth-order valence-corrected chi connectivity index (χ4v) is 3.67. The fraction of sp³-hybridized carbons (Fsp3) is 0.435. The number of hydrogen-bond donors (Lipinski definition) is 0. The van der Waals surface area contributed by atoms with Crippen molar-refractivity contribution in [1.82, 2.24) is 19.4 Å². The van der Waals surface area contributed by atoms with Crippen molar-refractivity contribution < 1.29 is 14.3 Å². The molecule has 0 aliphatic carbocycles. The molecule has 0 atom stereocenters. The zero-order chi connectivity index (χ0) is 21.5. The van der Waals surface area contributed by atoms with Crippen LogP contribution in [0.2, 0.25) is 0 Å². The molecular formula is C23H28N4O3. The van der Waals surface area contributed by atoms with Gasteiger partial charge in [-0.25, -0.2) is 14.8 Å². The van der Waals surface area contributed by atoms with E-state index < -0.39 is 5.60 Å². The minimum absolute atomic E-state index is 0.310. The van der Waals surface area contributed by atoms with E-state index in [4.69, 9.17) is 14.5 Å². The molecule has 1 aromatic carbocycles. The SMILES string of the molecule is Cc1nc(Oc2ccccc2)c2nc3n(c2c1C)CCCN(C(=O)OC(C)(C)C)C3. The summed E-state index contributed by atoms with van der Waals surface area (Å²) in [5.41, 5.74) is 3.20. The van der Waals surface area contributed by atoms with Crippen LogP contribution in [0.4, 0.5) is 4.79 Å². The number of imidazole rings is 1. The van der Waals surface area contributed by atoms with Gasteiger partial charge in [0.05, 0.1) is 12.1 Å². The molecule has 1 amide bonds. The third-order valence-electron chi connectivity index (χ3n) is 5.17. The fourth-order valence-electron chi connectivity index (χ4n) is 3.67. The molecule has 3 aromatic rings. The van der Waals surface area contributed by atoms with Gasteiger partial charge in [-0.2, -0.15) is 0 Å². The highest BCUT2D eigenvalue weighted by atomic mass is 16.6. The summed E-state index contributed by atoms with van der Waals surface area (Å²) in [5.74, 6) is 2.03. The van der Waals surface area contributed by atoms with E-state index in [1.54, 1.807) is 4.90 Å². The van der Waals surface area contributed by atoms with Gasteiger partial charge in [0.15, 0.2) is 5.52 Å². The summed E-state index contributed by atoms with van der Waals surface area (Å²) in [5, 5.41) is 0. The molecular weight excluding hydrogens is 380 g/mol. The smallest absolute Gasteiger partial charge is 0.410 e. The van der Waals surface area contributed by atoms with Crippen LogP contribution in [0.15, 0.2) is 30.3 Å². The number of para-hydroxylation sites is 1. The topological polar surface area (TPSA) is 69.5 Å². The van der Waals surface area contributed by atoms with Crippen LogP contribution in [0.25, 0.3) is 11.0 Å². The highest BCUT2D eigenvalue weighted by molar-refractivity contribution is 5.85. The van der Waals surface area contributed by atoms with Gasteiger partial charge in [-0.15, -0.1) is 0 Å². The van der Waals surface area contributed by atoms with Crippen LogP contribution in [-0.2, 0) is 17.8 Å². The molecule has 1 aliphatic heterocycles. The minimum atomic E-state index is -0.530. The van der Waals surface area contributed by atoms with Crippen molar-refractivity contribution >= 4 is 17.1 Å². The molecule has 0 radical (unpaired) electrons. The average molecular weight is 409 g/mol. The van der Waals surface area contributed by atoms with E-state index in [1.807, 2.05) is 58.0 Å². The maximum Gasteiger partial charge on any atom is 0.410 e. The number of carbonyl (C=O) groups excluding carboxylic acids is 1. The number of hydrogen-bond acceptors (Lipinski definition) is 5. The number of fused-ring (bicyclic) bond motifs is 3. The standard InChI is InChI=1S/C23H28N4O3/c1-15-16(2)24-21(29-17-10-7-6-8-11-17)19-20(15)27-13-9-12-26(14-18(27)25-19)22(28)30-23(3,4)5/h6-8,10-11H,9,12-14H2,1-5H3. The molecule has 158 valence electrons. The number of benzene rings is 1. The average Bonchev–Trinajstić information content (AvgIpc) is 2.90. The second kappa shape index (κ2) is 7.63. The zero-order valence-electron chi connectivity index (χ0n) is 18.2. The summed E-state index contributed by atoms with van der Waals surface area (Å²) in [6, 6.07) is 9.59. The van der Waals surface area contributed by atoms with Crippen LogP contribution in [-0.4, -0.2) is 37.7 Å². The first kappa shape index (κ1) is 20.2. The Bertz CT molecular complexity index is 1080. The molecule has 7 nitrogen and oxygen atoms in total. The number of aromatic nitrogens is 3. The van der Waals surface area contributed by atoms with Crippen molar-refractivity contribution in [3.05, 3.63) is 47.4 Å². The number of ether oxygens (including phenoxy) is 2. The second-order valence-electron chi connectivity index (χ2n) is 8.67. The predicted molar refractivity (Wildman–Crippen MR) is 115 cm³/mol. The lowest BCUT2D eigenvalue weighted by atomic mass is 10.2. The molecule has 0 bridgehead atoms. The maximum atomic E-state index is 12.7. The highest BCUT2D eigenvalue weighted by Crippen LogP contribution is 2.33. The van der Waals surface area contributed by atoms with Gasteiger partial charge in [0.1, 0.15) is 17.2 Å². The predicted octanol–water partition coefficient (Wildman–Crippen LogP) is 4.98. The number of rotatable bonds is 2. The van der Waals surface area contributed by atoms with Gasteiger partial charge in [-0.1, -0.05) is 18.2 Å². The number of amides is 1. The van der Waals surface area contributed by atoms with Crippen LogP contribution >= 0.6 is 0 Å². The monoisotopic (exact) mass is 408 g/mol. The number of aryl methyl sites for hydroxylation is 3. The van der Waals surface area contributed by atoms with Crippen LogP contribution in [0, 0.1) is 13.8 Å². The Morgan fingerprint density at radius 2 is 1.80 bits per heavy atom. The first-order valence-electron chi connectivity index (χ1n) is 10.3. The van der Waals surface area contributed by atoms with Gasteiger partial charge < -0.3 is 18.9 Å². The molecule has 7 heteroatoms. The Balaban J connectivity index is 1.74. The van der Waals surface area contributed by atoms with Crippen molar-refractivity contribution in [2.45, 2.75) is 59.7 Å². The van der Waals surface area contributed by atoms with Gasteiger partial charge in [0, 0.05) is 18.8 Å². The summed E-state index contributed by atoms with van der Waals surface area (Å²) < 4.78 is 13.9. The summed E-state index contributed by atoms with van der Waals surface area (Å²) in [7, 11) is 0. The largest absolute Gasteiger partial charge is 0.444 e.